The maximum absolute atomic E-state index is 11.6. The summed E-state index contributed by atoms with van der Waals surface area (Å²) in [6.45, 7) is 4.95. The first-order chi connectivity index (χ1) is 8.24. The fourth-order valence-electron chi connectivity index (χ4n) is 2.85. The number of anilines is 1. The van der Waals surface area contributed by atoms with Gasteiger partial charge in [-0.15, -0.1) is 0 Å². The molecule has 17 heavy (non-hydrogen) atoms. The van der Waals surface area contributed by atoms with E-state index in [2.05, 4.69) is 41.0 Å². The van der Waals surface area contributed by atoms with Crippen LogP contribution in [-0.4, -0.2) is 36.5 Å². The van der Waals surface area contributed by atoms with Gasteiger partial charge >= 0.3 is 0 Å². The number of nitrogens with zero attached hydrogens (tertiary/aromatic N) is 2. The Morgan fingerprint density at radius 1 is 1.18 bits per heavy atom. The number of benzene rings is 1. The molecule has 90 valence electrons. The average molecular weight is 230 g/mol. The van der Waals surface area contributed by atoms with Crippen molar-refractivity contribution in [3.63, 3.8) is 0 Å². The summed E-state index contributed by atoms with van der Waals surface area (Å²) in [5.74, 6) is 0.346. The Bertz CT molecular complexity index is 426. The van der Waals surface area contributed by atoms with Gasteiger partial charge in [-0.2, -0.15) is 0 Å². The zero-order valence-electron chi connectivity index (χ0n) is 10.2. The van der Waals surface area contributed by atoms with Crippen LogP contribution >= 0.6 is 0 Å². The third-order valence-corrected chi connectivity index (χ3v) is 3.89. The van der Waals surface area contributed by atoms with Gasteiger partial charge in [0.15, 0.2) is 0 Å². The zero-order chi connectivity index (χ0) is 11.8. The number of carbonyl (C=O) groups excluding carboxylic acids is 1. The highest BCUT2D eigenvalue weighted by molar-refractivity contribution is 5.79. The molecule has 1 atom stereocenters. The van der Waals surface area contributed by atoms with Gasteiger partial charge in [0.25, 0.3) is 0 Å². The normalized spacial score (nSPS) is 24.1. The van der Waals surface area contributed by atoms with Crippen LogP contribution in [0, 0.1) is 6.92 Å². The molecule has 1 aromatic carbocycles. The van der Waals surface area contributed by atoms with Gasteiger partial charge in [-0.05, 0) is 25.5 Å². The molecule has 2 aliphatic heterocycles. The predicted molar refractivity (Wildman–Crippen MR) is 68.1 cm³/mol. The van der Waals surface area contributed by atoms with Gasteiger partial charge in [0, 0.05) is 37.8 Å². The van der Waals surface area contributed by atoms with Gasteiger partial charge in [0.05, 0.1) is 0 Å². The Kier molecular flexibility index (Phi) is 2.54. The van der Waals surface area contributed by atoms with Crippen molar-refractivity contribution in [2.24, 2.45) is 0 Å². The summed E-state index contributed by atoms with van der Waals surface area (Å²) in [6.07, 6.45) is 1.77. The molecule has 2 heterocycles. The summed E-state index contributed by atoms with van der Waals surface area (Å²) < 4.78 is 0. The minimum Gasteiger partial charge on any atom is -0.368 e. The van der Waals surface area contributed by atoms with Gasteiger partial charge in [-0.1, -0.05) is 17.7 Å². The molecule has 1 unspecified atom stereocenters. The lowest BCUT2D eigenvalue weighted by Gasteiger charge is -2.38. The molecule has 3 rings (SSSR count). The van der Waals surface area contributed by atoms with Crippen LogP contribution in [0.1, 0.15) is 18.4 Å². The van der Waals surface area contributed by atoms with E-state index in [1.807, 2.05) is 0 Å². The summed E-state index contributed by atoms with van der Waals surface area (Å²) >= 11 is 0. The van der Waals surface area contributed by atoms with E-state index >= 15 is 0 Å². The third-order valence-electron chi connectivity index (χ3n) is 3.89. The maximum Gasteiger partial charge on any atom is 0.223 e. The number of hydrogen-bond donors (Lipinski definition) is 0. The van der Waals surface area contributed by atoms with Crippen LogP contribution < -0.4 is 4.90 Å². The minimum absolute atomic E-state index is 0.346. The molecule has 0 saturated carbocycles. The molecule has 1 amide bonds. The van der Waals surface area contributed by atoms with Crippen LogP contribution in [0.3, 0.4) is 0 Å². The van der Waals surface area contributed by atoms with Crippen molar-refractivity contribution in [1.82, 2.24) is 4.90 Å². The second-order valence-corrected chi connectivity index (χ2v) is 5.06. The van der Waals surface area contributed by atoms with Crippen molar-refractivity contribution in [2.75, 3.05) is 24.5 Å². The summed E-state index contributed by atoms with van der Waals surface area (Å²) in [5.41, 5.74) is 2.58. The van der Waals surface area contributed by atoms with E-state index in [4.69, 9.17) is 0 Å². The van der Waals surface area contributed by atoms with E-state index in [1.54, 1.807) is 0 Å². The quantitative estimate of drug-likeness (QED) is 0.734. The molecular formula is C14H18N2O. The van der Waals surface area contributed by atoms with Crippen LogP contribution in [0.4, 0.5) is 5.69 Å². The zero-order valence-corrected chi connectivity index (χ0v) is 10.2. The van der Waals surface area contributed by atoms with Crippen molar-refractivity contribution < 1.29 is 4.79 Å². The van der Waals surface area contributed by atoms with Gasteiger partial charge in [0.2, 0.25) is 5.91 Å². The molecule has 0 bridgehead atoms. The first kappa shape index (κ1) is 10.6. The molecule has 0 aliphatic carbocycles. The first-order valence-corrected chi connectivity index (χ1v) is 6.35. The van der Waals surface area contributed by atoms with Gasteiger partial charge in [-0.25, -0.2) is 0 Å². The molecule has 0 spiro atoms. The van der Waals surface area contributed by atoms with Gasteiger partial charge in [-0.3, -0.25) is 4.79 Å². The lowest BCUT2D eigenvalue weighted by molar-refractivity contribution is -0.129. The highest BCUT2D eigenvalue weighted by Crippen LogP contribution is 2.26. The fraction of sp³-hybridized carbons (Fsp3) is 0.500. The highest BCUT2D eigenvalue weighted by atomic mass is 16.2. The van der Waals surface area contributed by atoms with Crippen LogP contribution in [0.5, 0.6) is 0 Å². The van der Waals surface area contributed by atoms with Crippen molar-refractivity contribution in [2.45, 2.75) is 25.8 Å². The number of amides is 1. The Morgan fingerprint density at radius 3 is 2.71 bits per heavy atom. The molecule has 2 saturated heterocycles. The fourth-order valence-corrected chi connectivity index (χ4v) is 2.85. The van der Waals surface area contributed by atoms with Gasteiger partial charge in [0.1, 0.15) is 0 Å². The van der Waals surface area contributed by atoms with E-state index in [9.17, 15) is 4.79 Å². The molecule has 1 aromatic rings. The van der Waals surface area contributed by atoms with Crippen LogP contribution in [0.25, 0.3) is 0 Å². The van der Waals surface area contributed by atoms with Crippen LogP contribution in [-0.2, 0) is 4.79 Å². The number of hydrogen-bond acceptors (Lipinski definition) is 2. The third kappa shape index (κ3) is 1.90. The van der Waals surface area contributed by atoms with Crippen molar-refractivity contribution in [3.8, 4) is 0 Å². The highest BCUT2D eigenvalue weighted by Gasteiger charge is 2.35. The Balaban J connectivity index is 1.75. The van der Waals surface area contributed by atoms with E-state index in [0.717, 1.165) is 32.5 Å². The summed E-state index contributed by atoms with van der Waals surface area (Å²) in [6, 6.07) is 9.12. The topological polar surface area (TPSA) is 23.6 Å². The first-order valence-electron chi connectivity index (χ1n) is 6.35. The number of aryl methyl sites for hydroxylation is 1. The molecule has 2 aliphatic rings. The molecular weight excluding hydrogens is 212 g/mol. The lowest BCUT2D eigenvalue weighted by Crippen LogP contribution is -2.51. The van der Waals surface area contributed by atoms with Gasteiger partial charge < -0.3 is 9.80 Å². The average Bonchev–Trinajstić information content (AvgIpc) is 2.72. The molecule has 3 nitrogen and oxygen atoms in total. The standard InChI is InChI=1S/C14H18N2O/c1-11-2-4-12(5-3-11)15-8-9-16-13(10-15)6-7-14(16)17/h2-5,13H,6-10H2,1H3. The second-order valence-electron chi connectivity index (χ2n) is 5.06. The van der Waals surface area contributed by atoms with Crippen molar-refractivity contribution in [1.29, 1.82) is 0 Å². The minimum atomic E-state index is 0.346. The Hall–Kier alpha value is -1.51. The SMILES string of the molecule is Cc1ccc(N2CCN3C(=O)CCC3C2)cc1. The van der Waals surface area contributed by atoms with Crippen molar-refractivity contribution >= 4 is 11.6 Å². The molecule has 3 heteroatoms. The van der Waals surface area contributed by atoms with E-state index in [1.165, 1.54) is 11.3 Å². The monoisotopic (exact) mass is 230 g/mol. The number of piperazine rings is 1. The van der Waals surface area contributed by atoms with E-state index in [-0.39, 0.29) is 0 Å². The molecule has 0 radical (unpaired) electrons. The number of rotatable bonds is 1. The lowest BCUT2D eigenvalue weighted by atomic mass is 10.1. The molecule has 2 fully saturated rings. The Labute approximate surface area is 102 Å². The molecule has 0 N–H and O–H groups in total. The largest absolute Gasteiger partial charge is 0.368 e. The summed E-state index contributed by atoms with van der Waals surface area (Å²) in [5, 5.41) is 0. The van der Waals surface area contributed by atoms with Crippen molar-refractivity contribution in [3.05, 3.63) is 29.8 Å². The second kappa shape index (κ2) is 4.06. The van der Waals surface area contributed by atoms with Crippen LogP contribution in [0.2, 0.25) is 0 Å². The number of carbonyl (C=O) groups is 1. The van der Waals surface area contributed by atoms with E-state index in [0.29, 0.717) is 11.9 Å². The smallest absolute Gasteiger partial charge is 0.223 e. The van der Waals surface area contributed by atoms with Crippen LogP contribution in [0.15, 0.2) is 24.3 Å². The summed E-state index contributed by atoms with van der Waals surface area (Å²) in [7, 11) is 0. The summed E-state index contributed by atoms with van der Waals surface area (Å²) in [4.78, 5) is 16.1. The Morgan fingerprint density at radius 2 is 1.94 bits per heavy atom. The number of fused-ring (bicyclic) bond motifs is 1. The maximum atomic E-state index is 11.6. The predicted octanol–water partition coefficient (Wildman–Crippen LogP) is 1.81. The van der Waals surface area contributed by atoms with E-state index < -0.39 is 0 Å². The molecule has 0 aromatic heterocycles.